The molecule has 166 valence electrons. The van der Waals surface area contributed by atoms with Crippen molar-refractivity contribution in [1.82, 2.24) is 15.1 Å². The van der Waals surface area contributed by atoms with Crippen LogP contribution in [0.25, 0.3) is 0 Å². The molecule has 30 heavy (non-hydrogen) atoms. The van der Waals surface area contributed by atoms with Gasteiger partial charge in [-0.15, -0.1) is 0 Å². The summed E-state index contributed by atoms with van der Waals surface area (Å²) in [7, 11) is 0. The molecule has 0 aliphatic carbocycles. The van der Waals surface area contributed by atoms with Crippen molar-refractivity contribution in [3.8, 4) is 0 Å². The Morgan fingerprint density at radius 2 is 1.77 bits per heavy atom. The standard InChI is InChI=1S/C23H34FN3O3/c1-3-26(4-2)21(28)10-7-11-22(29)27-16-13-19(14-17-27)23(30)25-15-12-18-8-5-6-9-20(18)24/h5-6,8-9,19H,3-4,7,10-17H2,1-2H3,(H,25,30). The molecule has 3 amide bonds. The fourth-order valence-corrected chi connectivity index (χ4v) is 3.84. The maximum atomic E-state index is 13.6. The molecule has 1 aromatic rings. The van der Waals surface area contributed by atoms with Gasteiger partial charge in [-0.3, -0.25) is 14.4 Å². The molecule has 1 fully saturated rings. The summed E-state index contributed by atoms with van der Waals surface area (Å²) >= 11 is 0. The average Bonchev–Trinajstić information content (AvgIpc) is 2.76. The van der Waals surface area contributed by atoms with Crippen LogP contribution in [0, 0.1) is 11.7 Å². The van der Waals surface area contributed by atoms with Crippen molar-refractivity contribution in [3.63, 3.8) is 0 Å². The lowest BCUT2D eigenvalue weighted by atomic mass is 9.95. The van der Waals surface area contributed by atoms with E-state index in [2.05, 4.69) is 5.32 Å². The lowest BCUT2D eigenvalue weighted by molar-refractivity contribution is -0.136. The minimum Gasteiger partial charge on any atom is -0.356 e. The minimum absolute atomic E-state index is 0.0248. The molecule has 1 N–H and O–H groups in total. The van der Waals surface area contributed by atoms with Gasteiger partial charge in [0, 0.05) is 51.5 Å². The SMILES string of the molecule is CCN(CC)C(=O)CCCC(=O)N1CCC(C(=O)NCCc2ccccc2F)CC1. The van der Waals surface area contributed by atoms with Gasteiger partial charge >= 0.3 is 0 Å². The second-order valence-corrected chi connectivity index (χ2v) is 7.71. The lowest BCUT2D eigenvalue weighted by Crippen LogP contribution is -2.43. The predicted molar refractivity (Wildman–Crippen MR) is 114 cm³/mol. The first-order valence-corrected chi connectivity index (χ1v) is 11.0. The monoisotopic (exact) mass is 419 g/mol. The van der Waals surface area contributed by atoms with Crippen molar-refractivity contribution in [3.05, 3.63) is 35.6 Å². The van der Waals surface area contributed by atoms with Gasteiger partial charge in [-0.2, -0.15) is 0 Å². The number of halogens is 1. The number of amides is 3. The molecular formula is C23H34FN3O3. The Labute approximate surface area is 178 Å². The van der Waals surface area contributed by atoms with Gasteiger partial charge in [0.05, 0.1) is 0 Å². The van der Waals surface area contributed by atoms with E-state index in [1.165, 1.54) is 6.07 Å². The van der Waals surface area contributed by atoms with E-state index in [0.717, 1.165) is 0 Å². The molecule has 6 nitrogen and oxygen atoms in total. The number of carbonyl (C=O) groups excluding carboxylic acids is 3. The fourth-order valence-electron chi connectivity index (χ4n) is 3.84. The number of nitrogens with zero attached hydrogens (tertiary/aromatic N) is 2. The second kappa shape index (κ2) is 12.3. The quantitative estimate of drug-likeness (QED) is 0.634. The second-order valence-electron chi connectivity index (χ2n) is 7.71. The van der Waals surface area contributed by atoms with E-state index < -0.39 is 0 Å². The molecular weight excluding hydrogens is 385 g/mol. The molecule has 1 aromatic carbocycles. The van der Waals surface area contributed by atoms with Crippen LogP contribution >= 0.6 is 0 Å². The highest BCUT2D eigenvalue weighted by molar-refractivity contribution is 5.81. The van der Waals surface area contributed by atoms with Crippen LogP contribution in [0.2, 0.25) is 0 Å². The summed E-state index contributed by atoms with van der Waals surface area (Å²) in [6.45, 7) is 6.82. The van der Waals surface area contributed by atoms with Gasteiger partial charge in [0.2, 0.25) is 17.7 Å². The molecule has 0 spiro atoms. The highest BCUT2D eigenvalue weighted by Gasteiger charge is 2.27. The molecule has 7 heteroatoms. The number of rotatable bonds is 10. The first kappa shape index (κ1) is 23.8. The highest BCUT2D eigenvalue weighted by Crippen LogP contribution is 2.19. The average molecular weight is 420 g/mol. The van der Waals surface area contributed by atoms with Crippen LogP contribution < -0.4 is 5.32 Å². The van der Waals surface area contributed by atoms with E-state index in [1.54, 1.807) is 28.0 Å². The van der Waals surface area contributed by atoms with Gasteiger partial charge in [0.15, 0.2) is 0 Å². The van der Waals surface area contributed by atoms with E-state index in [0.29, 0.717) is 76.8 Å². The van der Waals surface area contributed by atoms with Crippen LogP contribution in [0.3, 0.4) is 0 Å². The molecule has 0 unspecified atom stereocenters. The summed E-state index contributed by atoms with van der Waals surface area (Å²) in [6, 6.07) is 6.58. The van der Waals surface area contributed by atoms with Gasteiger partial charge in [0.1, 0.15) is 5.82 Å². The summed E-state index contributed by atoms with van der Waals surface area (Å²) in [4.78, 5) is 40.3. The molecule has 1 aliphatic heterocycles. The van der Waals surface area contributed by atoms with Gasteiger partial charge in [-0.25, -0.2) is 4.39 Å². The van der Waals surface area contributed by atoms with Crippen LogP contribution in [0.5, 0.6) is 0 Å². The number of hydrogen-bond acceptors (Lipinski definition) is 3. The molecule has 0 saturated carbocycles. The van der Waals surface area contributed by atoms with E-state index >= 15 is 0 Å². The Balaban J connectivity index is 1.65. The van der Waals surface area contributed by atoms with Crippen molar-refractivity contribution in [2.75, 3.05) is 32.7 Å². The summed E-state index contributed by atoms with van der Waals surface area (Å²) in [5.41, 5.74) is 0.595. The number of likely N-dealkylation sites (tertiary alicyclic amines) is 1. The Morgan fingerprint density at radius 3 is 2.40 bits per heavy atom. The zero-order valence-corrected chi connectivity index (χ0v) is 18.2. The molecule has 1 aliphatic rings. The molecule has 0 bridgehead atoms. The van der Waals surface area contributed by atoms with Crippen LogP contribution in [0.15, 0.2) is 24.3 Å². The Kier molecular flexibility index (Phi) is 9.77. The maximum Gasteiger partial charge on any atom is 0.223 e. The minimum atomic E-state index is -0.252. The molecule has 1 heterocycles. The van der Waals surface area contributed by atoms with E-state index in [4.69, 9.17) is 0 Å². The van der Waals surface area contributed by atoms with Crippen molar-refractivity contribution in [2.24, 2.45) is 5.92 Å². The van der Waals surface area contributed by atoms with E-state index in [9.17, 15) is 18.8 Å². The smallest absolute Gasteiger partial charge is 0.223 e. The number of benzene rings is 1. The van der Waals surface area contributed by atoms with Crippen molar-refractivity contribution >= 4 is 17.7 Å². The highest BCUT2D eigenvalue weighted by atomic mass is 19.1. The van der Waals surface area contributed by atoms with Crippen molar-refractivity contribution in [2.45, 2.75) is 52.4 Å². The third kappa shape index (κ3) is 7.11. The van der Waals surface area contributed by atoms with Gasteiger partial charge in [0.25, 0.3) is 0 Å². The van der Waals surface area contributed by atoms with Crippen molar-refractivity contribution in [1.29, 1.82) is 0 Å². The number of carbonyl (C=O) groups is 3. The van der Waals surface area contributed by atoms with Gasteiger partial charge in [-0.05, 0) is 51.2 Å². The number of nitrogens with one attached hydrogen (secondary N) is 1. The maximum absolute atomic E-state index is 13.6. The van der Waals surface area contributed by atoms with Crippen LogP contribution in [0.4, 0.5) is 4.39 Å². The van der Waals surface area contributed by atoms with Crippen LogP contribution in [-0.2, 0) is 20.8 Å². The third-order valence-electron chi connectivity index (χ3n) is 5.77. The number of hydrogen-bond donors (Lipinski definition) is 1. The predicted octanol–water partition coefficient (Wildman–Crippen LogP) is 2.76. The van der Waals surface area contributed by atoms with Crippen LogP contribution in [-0.4, -0.2) is 60.2 Å². The summed E-state index contributed by atoms with van der Waals surface area (Å²) in [6.07, 6.45) is 3.05. The Morgan fingerprint density at radius 1 is 1.10 bits per heavy atom. The largest absolute Gasteiger partial charge is 0.356 e. The molecule has 0 atom stereocenters. The molecule has 2 rings (SSSR count). The lowest BCUT2D eigenvalue weighted by Gasteiger charge is -2.31. The van der Waals surface area contributed by atoms with E-state index in [1.807, 2.05) is 13.8 Å². The van der Waals surface area contributed by atoms with Crippen LogP contribution in [0.1, 0.15) is 51.5 Å². The topological polar surface area (TPSA) is 69.7 Å². The first-order valence-electron chi connectivity index (χ1n) is 11.0. The Bertz CT molecular complexity index is 713. The summed E-state index contributed by atoms with van der Waals surface area (Å²) < 4.78 is 13.6. The third-order valence-corrected chi connectivity index (χ3v) is 5.77. The zero-order chi connectivity index (χ0) is 21.9. The summed E-state index contributed by atoms with van der Waals surface area (Å²) in [5.74, 6) is -0.237. The molecule has 0 radical (unpaired) electrons. The normalized spacial score (nSPS) is 14.4. The van der Waals surface area contributed by atoms with Gasteiger partial charge in [-0.1, -0.05) is 18.2 Å². The molecule has 1 saturated heterocycles. The zero-order valence-electron chi connectivity index (χ0n) is 18.2. The number of piperidine rings is 1. The summed E-state index contributed by atoms with van der Waals surface area (Å²) in [5, 5.41) is 2.89. The Hall–Kier alpha value is -2.44. The van der Waals surface area contributed by atoms with E-state index in [-0.39, 0.29) is 29.5 Å². The van der Waals surface area contributed by atoms with Crippen molar-refractivity contribution < 1.29 is 18.8 Å². The fraction of sp³-hybridized carbons (Fsp3) is 0.609. The van der Waals surface area contributed by atoms with Gasteiger partial charge < -0.3 is 15.1 Å². The molecule has 0 aromatic heterocycles. The first-order chi connectivity index (χ1) is 14.5.